The van der Waals surface area contributed by atoms with E-state index in [0.29, 0.717) is 0 Å². The van der Waals surface area contributed by atoms with Gasteiger partial charge in [0.25, 0.3) is 0 Å². The van der Waals surface area contributed by atoms with Gasteiger partial charge in [-0.2, -0.15) is 0 Å². The Morgan fingerprint density at radius 3 is 0.727 bits per heavy atom. The summed E-state index contributed by atoms with van der Waals surface area (Å²) in [7, 11) is -4.64. The first-order chi connectivity index (χ1) is 2.00. The van der Waals surface area contributed by atoms with E-state index in [0.717, 1.165) is 0 Å². The van der Waals surface area contributed by atoms with Crippen molar-refractivity contribution in [2.75, 3.05) is 0 Å². The molecule has 0 amide bonds. The summed E-state index contributed by atoms with van der Waals surface area (Å²) in [4.78, 5) is 21.6. The van der Waals surface area contributed by atoms with Crippen LogP contribution in [0.5, 0.6) is 0 Å². The molecule has 0 fully saturated rings. The maximum absolute atomic E-state index is 8.88. The van der Waals surface area contributed by atoms with Gasteiger partial charge < -0.3 is 14.7 Å². The molecule has 0 aliphatic rings. The zero-order chi connectivity index (χ0) is 4.50. The van der Waals surface area contributed by atoms with Crippen LogP contribution in [0.3, 0.4) is 0 Å². The van der Waals surface area contributed by atoms with Crippen LogP contribution in [0.25, 0.3) is 0 Å². The zero-order valence-electron chi connectivity index (χ0n) is 2.61. The summed E-state index contributed by atoms with van der Waals surface area (Å²) in [5.41, 5.74) is 0. The topological polar surface area (TPSA) is 77.8 Å². The van der Waals surface area contributed by atoms with Crippen LogP contribution < -0.4 is 0 Å². The number of rotatable bonds is 0. The molecule has 0 heterocycles. The predicted octanol–water partition coefficient (Wildman–Crippen LogP) is -3.75. The van der Waals surface area contributed by atoms with E-state index in [1.807, 2.05) is 0 Å². The van der Waals surface area contributed by atoms with E-state index in [1.54, 1.807) is 0 Å². The van der Waals surface area contributed by atoms with Crippen LogP contribution >= 0.6 is 20.2 Å². The fourth-order valence-corrected chi connectivity index (χ4v) is 0. The molecule has 4 nitrogen and oxygen atoms in total. The van der Waals surface area contributed by atoms with Crippen LogP contribution in [0, 0.1) is 0 Å². The van der Waals surface area contributed by atoms with Gasteiger partial charge in [0.05, 0.1) is 0 Å². The first-order valence-corrected chi connectivity index (χ1v) is 2.35. The van der Waals surface area contributed by atoms with Crippen molar-refractivity contribution in [2.24, 2.45) is 0 Å². The van der Waals surface area contributed by atoms with E-state index in [-0.39, 0.29) is 269 Å². The summed E-state index contributed by atoms with van der Waals surface area (Å²) >= 11 is 0. The van der Waals surface area contributed by atoms with Gasteiger partial charge in [-0.25, -0.2) is 4.57 Å². The third-order valence-electron chi connectivity index (χ3n) is 0. The van der Waals surface area contributed by atoms with Crippen molar-refractivity contribution in [1.82, 2.24) is 0 Å². The normalized spacial score (nSPS) is 5.36. The van der Waals surface area contributed by atoms with E-state index in [2.05, 4.69) is 0 Å². The van der Waals surface area contributed by atoms with Crippen LogP contribution in [-0.2, 0) is 4.57 Å². The minimum absolute atomic E-state index is 0. The van der Waals surface area contributed by atoms with Crippen molar-refractivity contribution >= 4 is 277 Å². The van der Waals surface area contributed by atoms with Crippen molar-refractivity contribution in [3.63, 3.8) is 0 Å². The Kier molecular flexibility index (Phi) is 105. The number of halogens is 1. The van der Waals surface area contributed by atoms with E-state index < -0.39 is 7.82 Å². The molecule has 0 saturated carbocycles. The Hall–Kier alpha value is 8.58. The monoisotopic (exact) mass is 334 g/mol. The standard InChI is InChI=1S/ClH.5K.H3O4P.5H/c;;;;;;1-5(2,3)4;;;;;/h1H;;;;;;(H3,1,2,3,4);;;;;. The Balaban J connectivity index is -0.00000000533. The van der Waals surface area contributed by atoms with E-state index in [4.69, 9.17) is 19.2 Å². The van der Waals surface area contributed by atoms with Gasteiger partial charge >= 0.3 is 265 Å². The van der Waals surface area contributed by atoms with Crippen molar-refractivity contribution in [3.05, 3.63) is 0 Å². The molecule has 11 heteroatoms. The fourth-order valence-electron chi connectivity index (χ4n) is 0. The molecule has 0 unspecified atom stereocenters. The van der Waals surface area contributed by atoms with Crippen molar-refractivity contribution in [2.45, 2.75) is 0 Å². The van der Waals surface area contributed by atoms with Crippen LogP contribution in [0.4, 0.5) is 0 Å². The summed E-state index contributed by atoms with van der Waals surface area (Å²) in [6.07, 6.45) is 0. The van der Waals surface area contributed by atoms with E-state index >= 15 is 0 Å². The molecule has 0 aromatic carbocycles. The molecule has 0 atom stereocenters. The third-order valence-corrected chi connectivity index (χ3v) is 0. The molecule has 0 bridgehead atoms. The summed E-state index contributed by atoms with van der Waals surface area (Å²) in [5.74, 6) is 0. The molecule has 0 aromatic heterocycles. The molecule has 0 aromatic rings. The second-order valence-electron chi connectivity index (χ2n) is 0.513. The Morgan fingerprint density at radius 1 is 0.727 bits per heavy atom. The Bertz CT molecular complexity index is 64.6. The van der Waals surface area contributed by atoms with Gasteiger partial charge in [-0.05, 0) is 0 Å². The molecule has 0 aliphatic carbocycles. The van der Waals surface area contributed by atoms with Crippen molar-refractivity contribution < 1.29 is 19.2 Å². The zero-order valence-corrected chi connectivity index (χ0v) is 4.32. The molecule has 0 radical (unpaired) electrons. The Morgan fingerprint density at radius 2 is 0.727 bits per heavy atom. The molecule has 0 saturated heterocycles. The van der Waals surface area contributed by atoms with Crippen molar-refractivity contribution in [3.8, 4) is 0 Å². The number of phosphoric acid groups is 1. The Labute approximate surface area is 285 Å². The summed E-state index contributed by atoms with van der Waals surface area (Å²) in [6, 6.07) is 0. The van der Waals surface area contributed by atoms with Crippen LogP contribution in [0.1, 0.15) is 0 Å². The number of hydrogen-bond acceptors (Lipinski definition) is 1. The molecule has 11 heavy (non-hydrogen) atoms. The van der Waals surface area contributed by atoms with Crippen LogP contribution in [-0.4, -0.2) is 272 Å². The quantitative estimate of drug-likeness (QED) is 0.314. The average Bonchev–Trinajstić information content (AvgIpc) is 0.722. The second-order valence-corrected chi connectivity index (χ2v) is 1.54. The van der Waals surface area contributed by atoms with Crippen LogP contribution in [0.2, 0.25) is 0 Å². The molecule has 0 rings (SSSR count). The second kappa shape index (κ2) is 27.0. The average molecular weight is 335 g/mol. The first kappa shape index (κ1) is 42.7. The van der Waals surface area contributed by atoms with Gasteiger partial charge in [-0.15, -0.1) is 12.4 Å². The summed E-state index contributed by atoms with van der Waals surface area (Å²) in [6.45, 7) is 0. The molecule has 50 valence electrons. The van der Waals surface area contributed by atoms with E-state index in [9.17, 15) is 0 Å². The van der Waals surface area contributed by atoms with Gasteiger partial charge in [0, 0.05) is 0 Å². The third kappa shape index (κ3) is 69.4. The van der Waals surface area contributed by atoms with Gasteiger partial charge in [0.15, 0.2) is 0 Å². The van der Waals surface area contributed by atoms with Gasteiger partial charge in [-0.1, -0.05) is 0 Å². The first-order valence-electron chi connectivity index (χ1n) is 0.783. The fraction of sp³-hybridized carbons (Fsp3) is 0. The molecule has 0 spiro atoms. The van der Waals surface area contributed by atoms with Gasteiger partial charge in [0.1, 0.15) is 0 Å². The van der Waals surface area contributed by atoms with Gasteiger partial charge in [0.2, 0.25) is 0 Å². The molecule has 0 aliphatic heterocycles. The molecule has 3 N–H and O–H groups in total. The summed E-state index contributed by atoms with van der Waals surface area (Å²) < 4.78 is 8.88. The maximum atomic E-state index is 8.88. The van der Waals surface area contributed by atoms with Crippen LogP contribution in [0.15, 0.2) is 0 Å². The van der Waals surface area contributed by atoms with E-state index in [1.165, 1.54) is 0 Å². The minimum atomic E-state index is -4.64. The molecular formula is H9ClK5O4P. The van der Waals surface area contributed by atoms with Crippen molar-refractivity contribution in [1.29, 1.82) is 0 Å². The summed E-state index contributed by atoms with van der Waals surface area (Å²) in [5, 5.41) is 0. The number of hydrogen-bond donors (Lipinski definition) is 3. The van der Waals surface area contributed by atoms with Gasteiger partial charge in [-0.3, -0.25) is 0 Å². The predicted molar refractivity (Wildman–Crippen MR) is 57.3 cm³/mol. The SMILES string of the molecule is Cl.O=P(O)(O)O.[KH].[KH].[KH].[KH].[KH]. The molecular weight excluding hydrogens is 326 g/mol.